The highest BCUT2D eigenvalue weighted by Gasteiger charge is 2.11. The Labute approximate surface area is 184 Å². The third-order valence-corrected chi connectivity index (χ3v) is 6.26. The Morgan fingerprint density at radius 1 is 0.903 bits per heavy atom. The van der Waals surface area contributed by atoms with Crippen LogP contribution in [0.3, 0.4) is 0 Å². The molecule has 4 aromatic rings. The van der Waals surface area contributed by atoms with E-state index in [9.17, 15) is 20.2 Å². The lowest BCUT2D eigenvalue weighted by Crippen LogP contribution is -1.90. The molecule has 0 aliphatic carbocycles. The Balaban J connectivity index is 1.49. The first kappa shape index (κ1) is 20.6. The normalized spacial score (nSPS) is 10.7. The van der Waals surface area contributed by atoms with E-state index in [1.165, 1.54) is 41.3 Å². The fourth-order valence-electron chi connectivity index (χ4n) is 2.83. The molecule has 0 atom stereocenters. The molecule has 0 saturated carbocycles. The zero-order valence-electron chi connectivity index (χ0n) is 15.9. The van der Waals surface area contributed by atoms with Crippen molar-refractivity contribution in [1.82, 2.24) is 9.97 Å². The molecule has 154 valence electrons. The summed E-state index contributed by atoms with van der Waals surface area (Å²) < 4.78 is 0. The van der Waals surface area contributed by atoms with Gasteiger partial charge in [0.15, 0.2) is 0 Å². The van der Waals surface area contributed by atoms with Crippen LogP contribution in [0.4, 0.5) is 11.4 Å². The Morgan fingerprint density at radius 2 is 1.68 bits per heavy atom. The van der Waals surface area contributed by atoms with Crippen LogP contribution in [0.25, 0.3) is 21.8 Å². The average Bonchev–Trinajstić information content (AvgIpc) is 3.28. The van der Waals surface area contributed by atoms with E-state index in [0.717, 1.165) is 32.4 Å². The number of benzene rings is 2. The van der Waals surface area contributed by atoms with Crippen molar-refractivity contribution in [1.29, 1.82) is 0 Å². The summed E-state index contributed by atoms with van der Waals surface area (Å²) in [5.74, 6) is 0.560. The first-order valence-corrected chi connectivity index (χ1v) is 10.9. The quantitative estimate of drug-likeness (QED) is 0.193. The maximum Gasteiger partial charge on any atom is 0.269 e. The summed E-state index contributed by atoms with van der Waals surface area (Å²) >= 11 is 2.97. The minimum atomic E-state index is -0.430. The van der Waals surface area contributed by atoms with Crippen LogP contribution < -0.4 is 0 Å². The summed E-state index contributed by atoms with van der Waals surface area (Å²) in [7, 11) is 0. The molecule has 2 aromatic carbocycles. The van der Waals surface area contributed by atoms with E-state index in [1.807, 2.05) is 23.6 Å². The van der Waals surface area contributed by atoms with Crippen LogP contribution in [0.2, 0.25) is 0 Å². The lowest BCUT2D eigenvalue weighted by molar-refractivity contribution is -0.385. The fraction of sp³-hybridized carbons (Fsp3) is 0.0476. The first-order chi connectivity index (χ1) is 15.0. The van der Waals surface area contributed by atoms with Crippen LogP contribution in [-0.4, -0.2) is 19.8 Å². The predicted octanol–water partition coefficient (Wildman–Crippen LogP) is 5.98. The van der Waals surface area contributed by atoms with Crippen LogP contribution in [0.1, 0.15) is 5.56 Å². The second-order valence-corrected chi connectivity index (χ2v) is 8.29. The number of thiazole rings is 1. The van der Waals surface area contributed by atoms with Gasteiger partial charge in [0.2, 0.25) is 0 Å². The Bertz CT molecular complexity index is 1260. The van der Waals surface area contributed by atoms with Gasteiger partial charge in [-0.2, -0.15) is 0 Å². The molecule has 4 rings (SSSR count). The predicted molar refractivity (Wildman–Crippen MR) is 120 cm³/mol. The maximum atomic E-state index is 10.9. The molecular formula is C21H14N4O4S2. The van der Waals surface area contributed by atoms with E-state index in [2.05, 4.69) is 9.97 Å². The molecule has 0 aliphatic heterocycles. The van der Waals surface area contributed by atoms with Crippen LogP contribution in [0.15, 0.2) is 77.3 Å². The van der Waals surface area contributed by atoms with Gasteiger partial charge in [-0.1, -0.05) is 12.1 Å². The van der Waals surface area contributed by atoms with Crippen LogP contribution in [0.5, 0.6) is 0 Å². The number of thioether (sulfide) groups is 1. The number of aromatic nitrogens is 2. The topological polar surface area (TPSA) is 112 Å². The van der Waals surface area contributed by atoms with Gasteiger partial charge in [-0.15, -0.1) is 23.1 Å². The van der Waals surface area contributed by atoms with Crippen molar-refractivity contribution in [3.8, 4) is 21.8 Å². The molecular weight excluding hydrogens is 436 g/mol. The molecule has 0 saturated heterocycles. The minimum absolute atomic E-state index is 0.0405. The molecule has 0 unspecified atom stereocenters. The highest BCUT2D eigenvalue weighted by molar-refractivity contribution is 7.98. The van der Waals surface area contributed by atoms with Gasteiger partial charge in [-0.05, 0) is 29.8 Å². The van der Waals surface area contributed by atoms with E-state index >= 15 is 0 Å². The zero-order valence-corrected chi connectivity index (χ0v) is 17.5. The number of hydrogen-bond acceptors (Lipinski definition) is 8. The molecule has 10 heteroatoms. The van der Waals surface area contributed by atoms with E-state index < -0.39 is 9.85 Å². The summed E-state index contributed by atoms with van der Waals surface area (Å²) in [5, 5.41) is 25.3. The third-order valence-electron chi connectivity index (χ3n) is 4.37. The second kappa shape index (κ2) is 9.02. The molecule has 0 aliphatic rings. The summed E-state index contributed by atoms with van der Waals surface area (Å²) in [6.07, 6.45) is 1.71. The van der Waals surface area contributed by atoms with E-state index in [-0.39, 0.29) is 11.4 Å². The van der Waals surface area contributed by atoms with Crippen molar-refractivity contribution < 1.29 is 9.85 Å². The molecule has 0 fully saturated rings. The number of pyridine rings is 1. The SMILES string of the molecule is O=[N+]([O-])c1ccc(-c2csc(-c3ccnc(SCc4cccc([N+](=O)[O-])c4)c3)n2)cc1. The molecule has 0 amide bonds. The maximum absolute atomic E-state index is 10.9. The van der Waals surface area contributed by atoms with Crippen molar-refractivity contribution in [3.05, 3.63) is 98.0 Å². The minimum Gasteiger partial charge on any atom is -0.258 e. The van der Waals surface area contributed by atoms with Crippen LogP contribution >= 0.6 is 23.1 Å². The lowest BCUT2D eigenvalue weighted by atomic mass is 10.1. The van der Waals surface area contributed by atoms with Crippen molar-refractivity contribution in [2.45, 2.75) is 10.8 Å². The highest BCUT2D eigenvalue weighted by atomic mass is 32.2. The molecule has 0 spiro atoms. The number of nitrogens with zero attached hydrogens (tertiary/aromatic N) is 4. The van der Waals surface area contributed by atoms with Crippen molar-refractivity contribution in [2.24, 2.45) is 0 Å². The summed E-state index contributed by atoms with van der Waals surface area (Å²) in [4.78, 5) is 29.9. The van der Waals surface area contributed by atoms with Crippen molar-refractivity contribution in [3.63, 3.8) is 0 Å². The monoisotopic (exact) mass is 450 g/mol. The van der Waals surface area contributed by atoms with Gasteiger partial charge >= 0.3 is 0 Å². The Kier molecular flexibility index (Phi) is 6.01. The zero-order chi connectivity index (χ0) is 21.8. The van der Waals surface area contributed by atoms with E-state index in [1.54, 1.807) is 30.5 Å². The number of rotatable bonds is 7. The van der Waals surface area contributed by atoms with Crippen molar-refractivity contribution >= 4 is 34.5 Å². The smallest absolute Gasteiger partial charge is 0.258 e. The summed E-state index contributed by atoms with van der Waals surface area (Å²) in [5.41, 5.74) is 3.43. The Hall–Kier alpha value is -3.63. The van der Waals surface area contributed by atoms with Gasteiger partial charge in [-0.3, -0.25) is 20.2 Å². The Morgan fingerprint density at radius 3 is 2.42 bits per heavy atom. The van der Waals surface area contributed by atoms with Crippen molar-refractivity contribution in [2.75, 3.05) is 0 Å². The van der Waals surface area contributed by atoms with Gasteiger partial charge in [0.05, 0.1) is 20.6 Å². The fourth-order valence-corrected chi connectivity index (χ4v) is 4.50. The average molecular weight is 451 g/mol. The lowest BCUT2D eigenvalue weighted by Gasteiger charge is -2.03. The molecule has 31 heavy (non-hydrogen) atoms. The number of nitro benzene ring substituents is 2. The molecule has 0 N–H and O–H groups in total. The van der Waals surface area contributed by atoms with Gasteiger partial charge in [0.1, 0.15) is 5.01 Å². The van der Waals surface area contributed by atoms with Gasteiger partial charge < -0.3 is 0 Å². The van der Waals surface area contributed by atoms with Crippen LogP contribution in [0, 0.1) is 20.2 Å². The highest BCUT2D eigenvalue weighted by Crippen LogP contribution is 2.32. The van der Waals surface area contributed by atoms with Gasteiger partial charge in [0.25, 0.3) is 11.4 Å². The van der Waals surface area contributed by atoms with E-state index in [0.29, 0.717) is 5.75 Å². The number of non-ortho nitro benzene ring substituents is 2. The molecule has 2 aromatic heterocycles. The molecule has 0 radical (unpaired) electrons. The number of hydrogen-bond donors (Lipinski definition) is 0. The summed E-state index contributed by atoms with van der Waals surface area (Å²) in [6, 6.07) is 16.7. The molecule has 2 heterocycles. The van der Waals surface area contributed by atoms with Gasteiger partial charge in [0, 0.05) is 52.7 Å². The number of nitro groups is 2. The third kappa shape index (κ3) is 4.93. The van der Waals surface area contributed by atoms with E-state index in [4.69, 9.17) is 0 Å². The molecule has 0 bridgehead atoms. The van der Waals surface area contributed by atoms with Crippen LogP contribution in [-0.2, 0) is 5.75 Å². The first-order valence-electron chi connectivity index (χ1n) is 9.02. The van der Waals surface area contributed by atoms with Gasteiger partial charge in [-0.25, -0.2) is 9.97 Å². The summed E-state index contributed by atoms with van der Waals surface area (Å²) in [6.45, 7) is 0. The molecule has 8 nitrogen and oxygen atoms in total. The second-order valence-electron chi connectivity index (χ2n) is 6.44. The largest absolute Gasteiger partial charge is 0.269 e. The standard InChI is InChI=1S/C21H14N4O4S2/c26-24(27)17-6-4-15(5-7-17)19-13-31-21(23-19)16-8-9-22-20(11-16)30-12-14-2-1-3-18(10-14)25(28)29/h1-11,13H,12H2.